The van der Waals surface area contributed by atoms with Gasteiger partial charge < -0.3 is 9.30 Å². The molecule has 0 N–H and O–H groups in total. The maximum Gasteiger partial charge on any atom is 0.276 e. The fourth-order valence-corrected chi connectivity index (χ4v) is 4.29. The largest absolute Gasteiger partial charge is 0.378 e. The number of hydrogen-bond donors (Lipinski definition) is 0. The average Bonchev–Trinajstić information content (AvgIpc) is 3.38. The van der Waals surface area contributed by atoms with Crippen molar-refractivity contribution in [2.24, 2.45) is 7.05 Å². The smallest absolute Gasteiger partial charge is 0.276 e. The minimum absolute atomic E-state index is 0.0663. The summed E-state index contributed by atoms with van der Waals surface area (Å²) in [5.74, 6) is 0.565. The number of halogens is 1. The minimum Gasteiger partial charge on any atom is -0.378 e. The van der Waals surface area contributed by atoms with E-state index in [1.165, 1.54) is 6.07 Å². The van der Waals surface area contributed by atoms with Crippen LogP contribution in [-0.2, 0) is 18.2 Å². The Morgan fingerprint density at radius 1 is 1.19 bits per heavy atom. The Balaban J connectivity index is 1.49. The van der Waals surface area contributed by atoms with Crippen molar-refractivity contribution in [3.8, 4) is 11.3 Å². The van der Waals surface area contributed by atoms with E-state index in [4.69, 9.17) is 4.74 Å². The predicted octanol–water partition coefficient (Wildman–Crippen LogP) is 3.72. The fourth-order valence-electron chi connectivity index (χ4n) is 4.29. The van der Waals surface area contributed by atoms with E-state index in [1.807, 2.05) is 34.9 Å². The van der Waals surface area contributed by atoms with Gasteiger partial charge in [-0.15, -0.1) is 0 Å². The van der Waals surface area contributed by atoms with E-state index < -0.39 is 5.95 Å². The molecule has 1 saturated heterocycles. The number of rotatable bonds is 4. The standard InChI is InChI=1S/C24H23FN4O2/c1-15-19(10-11-31-15)23-26-13-21-24(30)28(2)18(14-29(21)23)12-16-6-8-17(9-7-16)20-4-3-5-22(25)27-20/h3-9,13-15,19H,10-12H2,1-2H3/t15-,19+/m0/s1. The summed E-state index contributed by atoms with van der Waals surface area (Å²) >= 11 is 0. The number of imidazole rings is 1. The molecular weight excluding hydrogens is 395 g/mol. The highest BCUT2D eigenvalue weighted by atomic mass is 19.1. The molecule has 0 spiro atoms. The van der Waals surface area contributed by atoms with Crippen LogP contribution < -0.4 is 5.56 Å². The highest BCUT2D eigenvalue weighted by Crippen LogP contribution is 2.30. The van der Waals surface area contributed by atoms with Gasteiger partial charge in [0.1, 0.15) is 11.3 Å². The van der Waals surface area contributed by atoms with Gasteiger partial charge >= 0.3 is 0 Å². The third kappa shape index (κ3) is 3.55. The quantitative estimate of drug-likeness (QED) is 0.474. The number of fused-ring (bicyclic) bond motifs is 1. The van der Waals surface area contributed by atoms with Crippen molar-refractivity contribution in [1.82, 2.24) is 18.9 Å². The number of benzene rings is 1. The van der Waals surface area contributed by atoms with Gasteiger partial charge in [0.15, 0.2) is 0 Å². The highest BCUT2D eigenvalue weighted by Gasteiger charge is 2.29. The van der Waals surface area contributed by atoms with Crippen LogP contribution in [0.1, 0.15) is 36.3 Å². The first-order chi connectivity index (χ1) is 15.0. The van der Waals surface area contributed by atoms with Crippen molar-refractivity contribution >= 4 is 5.52 Å². The molecule has 1 aromatic carbocycles. The first kappa shape index (κ1) is 19.6. The van der Waals surface area contributed by atoms with Crippen molar-refractivity contribution in [2.75, 3.05) is 6.61 Å². The molecule has 4 heterocycles. The van der Waals surface area contributed by atoms with Crippen molar-refractivity contribution in [3.63, 3.8) is 0 Å². The third-order valence-corrected chi connectivity index (χ3v) is 6.12. The monoisotopic (exact) mass is 418 g/mol. The molecule has 0 bridgehead atoms. The summed E-state index contributed by atoms with van der Waals surface area (Å²) in [6.07, 6.45) is 5.24. The Morgan fingerprint density at radius 3 is 2.71 bits per heavy atom. The van der Waals surface area contributed by atoms with Crippen LogP contribution in [0.25, 0.3) is 16.8 Å². The Morgan fingerprint density at radius 2 is 2.00 bits per heavy atom. The summed E-state index contributed by atoms with van der Waals surface area (Å²) < 4.78 is 22.7. The van der Waals surface area contributed by atoms with E-state index >= 15 is 0 Å². The molecule has 6 nitrogen and oxygen atoms in total. The molecule has 0 aliphatic carbocycles. The summed E-state index contributed by atoms with van der Waals surface area (Å²) in [6.45, 7) is 2.76. The van der Waals surface area contributed by atoms with Crippen molar-refractivity contribution in [1.29, 1.82) is 0 Å². The number of aromatic nitrogens is 4. The fraction of sp³-hybridized carbons (Fsp3) is 0.292. The lowest BCUT2D eigenvalue weighted by molar-refractivity contribution is 0.117. The van der Waals surface area contributed by atoms with Crippen molar-refractivity contribution in [3.05, 3.63) is 88.2 Å². The molecule has 1 fully saturated rings. The molecule has 0 amide bonds. The highest BCUT2D eigenvalue weighted by molar-refractivity contribution is 5.59. The van der Waals surface area contributed by atoms with E-state index in [-0.39, 0.29) is 17.6 Å². The van der Waals surface area contributed by atoms with Gasteiger partial charge in [0.2, 0.25) is 5.95 Å². The van der Waals surface area contributed by atoms with Crippen LogP contribution in [0.3, 0.4) is 0 Å². The van der Waals surface area contributed by atoms with Gasteiger partial charge in [-0.3, -0.25) is 9.20 Å². The second-order valence-electron chi connectivity index (χ2n) is 8.05. The van der Waals surface area contributed by atoms with Gasteiger partial charge in [-0.2, -0.15) is 4.39 Å². The molecule has 1 aliphatic rings. The van der Waals surface area contributed by atoms with Crippen LogP contribution in [0.2, 0.25) is 0 Å². The zero-order chi connectivity index (χ0) is 21.5. The first-order valence-electron chi connectivity index (χ1n) is 10.4. The summed E-state index contributed by atoms with van der Waals surface area (Å²) in [6, 6.07) is 12.6. The lowest BCUT2D eigenvalue weighted by Crippen LogP contribution is -2.24. The molecule has 1 aliphatic heterocycles. The lowest BCUT2D eigenvalue weighted by Gasteiger charge is -2.15. The van der Waals surface area contributed by atoms with Crippen LogP contribution in [0.4, 0.5) is 4.39 Å². The van der Waals surface area contributed by atoms with Gasteiger partial charge in [-0.05, 0) is 31.0 Å². The van der Waals surface area contributed by atoms with E-state index in [9.17, 15) is 9.18 Å². The molecule has 158 valence electrons. The predicted molar refractivity (Wildman–Crippen MR) is 116 cm³/mol. The molecule has 0 saturated carbocycles. The minimum atomic E-state index is -0.497. The lowest BCUT2D eigenvalue weighted by atomic mass is 10.0. The van der Waals surface area contributed by atoms with Gasteiger partial charge in [0, 0.05) is 43.4 Å². The summed E-state index contributed by atoms with van der Waals surface area (Å²) in [5.41, 5.74) is 3.89. The molecular formula is C24H23FN4O2. The Labute approximate surface area is 179 Å². The second kappa shape index (κ2) is 7.74. The average molecular weight is 418 g/mol. The molecule has 2 atom stereocenters. The molecule has 0 unspecified atom stereocenters. The number of nitrogens with zero attached hydrogens (tertiary/aromatic N) is 4. The zero-order valence-corrected chi connectivity index (χ0v) is 17.5. The normalized spacial score (nSPS) is 18.7. The SMILES string of the molecule is C[C@@H]1OCC[C@H]1c1ncc2c(=O)n(C)c(Cc3ccc(-c4cccc(F)n4)cc3)cn12. The number of pyridine rings is 1. The van der Waals surface area contributed by atoms with Gasteiger partial charge in [0.25, 0.3) is 5.56 Å². The zero-order valence-electron chi connectivity index (χ0n) is 17.5. The number of ether oxygens (including phenoxy) is 1. The van der Waals surface area contributed by atoms with Gasteiger partial charge in [-0.1, -0.05) is 30.3 Å². The van der Waals surface area contributed by atoms with Crippen LogP contribution in [-0.4, -0.2) is 31.6 Å². The topological polar surface area (TPSA) is 61.4 Å². The molecule has 0 radical (unpaired) electrons. The summed E-state index contributed by atoms with van der Waals surface area (Å²) in [4.78, 5) is 21.4. The molecule has 5 rings (SSSR count). The van der Waals surface area contributed by atoms with E-state index in [0.29, 0.717) is 24.2 Å². The summed E-state index contributed by atoms with van der Waals surface area (Å²) in [5, 5.41) is 0. The van der Waals surface area contributed by atoms with E-state index in [2.05, 4.69) is 16.9 Å². The van der Waals surface area contributed by atoms with Crippen LogP contribution >= 0.6 is 0 Å². The van der Waals surface area contributed by atoms with E-state index in [0.717, 1.165) is 29.1 Å². The Kier molecular flexibility index (Phi) is 4.90. The molecule has 4 aromatic rings. The van der Waals surface area contributed by atoms with Crippen molar-refractivity contribution in [2.45, 2.75) is 31.8 Å². The van der Waals surface area contributed by atoms with Gasteiger partial charge in [0.05, 0.1) is 18.0 Å². The van der Waals surface area contributed by atoms with Crippen LogP contribution in [0, 0.1) is 5.95 Å². The number of hydrogen-bond acceptors (Lipinski definition) is 4. The molecule has 31 heavy (non-hydrogen) atoms. The maximum atomic E-state index is 13.4. The van der Waals surface area contributed by atoms with Crippen LogP contribution in [0.15, 0.2) is 59.7 Å². The second-order valence-corrected chi connectivity index (χ2v) is 8.05. The van der Waals surface area contributed by atoms with Crippen molar-refractivity contribution < 1.29 is 9.13 Å². The van der Waals surface area contributed by atoms with Gasteiger partial charge in [-0.25, -0.2) is 9.97 Å². The summed E-state index contributed by atoms with van der Waals surface area (Å²) in [7, 11) is 1.79. The van der Waals surface area contributed by atoms with E-state index in [1.54, 1.807) is 29.9 Å². The third-order valence-electron chi connectivity index (χ3n) is 6.12. The van der Waals surface area contributed by atoms with Crippen LogP contribution in [0.5, 0.6) is 0 Å². The Bertz CT molecular complexity index is 1310. The maximum absolute atomic E-state index is 13.4. The molecule has 7 heteroatoms. The molecule has 3 aromatic heterocycles. The first-order valence-corrected chi connectivity index (χ1v) is 10.4. The Hall–Kier alpha value is -3.32.